The maximum Gasteiger partial charge on any atom is 0.298 e. The Morgan fingerprint density at radius 2 is 1.86 bits per heavy atom. The number of piperazine rings is 1. The third-order valence-electron chi connectivity index (χ3n) is 4.13. The second-order valence-corrected chi connectivity index (χ2v) is 5.56. The average Bonchev–Trinajstić information content (AvgIpc) is 3.22. The second kappa shape index (κ2) is 5.81. The van der Waals surface area contributed by atoms with Gasteiger partial charge in [0.2, 0.25) is 0 Å². The van der Waals surface area contributed by atoms with E-state index in [0.29, 0.717) is 0 Å². The van der Waals surface area contributed by atoms with Crippen molar-refractivity contribution >= 4 is 17.1 Å². The van der Waals surface area contributed by atoms with Gasteiger partial charge in [-0.25, -0.2) is 0 Å². The highest BCUT2D eigenvalue weighted by Gasteiger charge is 2.20. The number of rotatable bonds is 4. The highest BCUT2D eigenvalue weighted by Crippen LogP contribution is 2.22. The molecular weight excluding hydrogens is 278 g/mol. The molecule has 0 amide bonds. The van der Waals surface area contributed by atoms with E-state index in [1.165, 1.54) is 0 Å². The zero-order chi connectivity index (χ0) is 14.8. The van der Waals surface area contributed by atoms with E-state index in [0.717, 1.165) is 56.4 Å². The molecule has 2 aromatic heterocycles. The van der Waals surface area contributed by atoms with Crippen molar-refractivity contribution in [3.8, 4) is 0 Å². The van der Waals surface area contributed by atoms with E-state index in [1.807, 2.05) is 47.4 Å². The minimum atomic E-state index is 0.743. The van der Waals surface area contributed by atoms with Crippen LogP contribution in [0.3, 0.4) is 0 Å². The van der Waals surface area contributed by atoms with Crippen LogP contribution in [0.2, 0.25) is 0 Å². The van der Waals surface area contributed by atoms with Crippen LogP contribution in [0.1, 0.15) is 0 Å². The first-order valence-electron chi connectivity index (χ1n) is 7.69. The highest BCUT2D eigenvalue weighted by atomic mass is 16.4. The standard InChI is InChI=1S/C16H19N5O/c1-2-5-15-14(4-1)18-16(22-15)20-11-8-19(9-12-20)10-13-21-7-3-6-17-21/h1-7H,8-13H2. The first kappa shape index (κ1) is 13.3. The number of benzene rings is 1. The third kappa shape index (κ3) is 2.69. The van der Waals surface area contributed by atoms with Crippen LogP contribution in [0.25, 0.3) is 11.1 Å². The van der Waals surface area contributed by atoms with Gasteiger partial charge in [0.15, 0.2) is 5.58 Å². The molecule has 114 valence electrons. The molecule has 3 aromatic rings. The number of nitrogens with zero attached hydrogens (tertiary/aromatic N) is 5. The van der Waals surface area contributed by atoms with E-state index in [2.05, 4.69) is 19.9 Å². The van der Waals surface area contributed by atoms with Gasteiger partial charge in [-0.2, -0.15) is 10.1 Å². The van der Waals surface area contributed by atoms with Crippen molar-refractivity contribution in [3.63, 3.8) is 0 Å². The van der Waals surface area contributed by atoms with Crippen LogP contribution in [0, 0.1) is 0 Å². The smallest absolute Gasteiger partial charge is 0.298 e. The lowest BCUT2D eigenvalue weighted by atomic mass is 10.3. The van der Waals surface area contributed by atoms with Gasteiger partial charge in [-0.05, 0) is 18.2 Å². The Bertz CT molecular complexity index is 695. The fraction of sp³-hybridized carbons (Fsp3) is 0.375. The lowest BCUT2D eigenvalue weighted by molar-refractivity contribution is 0.240. The summed E-state index contributed by atoms with van der Waals surface area (Å²) in [5.74, 6) is 0. The van der Waals surface area contributed by atoms with Crippen LogP contribution in [-0.4, -0.2) is 52.4 Å². The minimum absolute atomic E-state index is 0.743. The minimum Gasteiger partial charge on any atom is -0.423 e. The molecule has 6 nitrogen and oxygen atoms in total. The fourth-order valence-corrected chi connectivity index (χ4v) is 2.83. The predicted octanol–water partition coefficient (Wildman–Crippen LogP) is 1.85. The number of fused-ring (bicyclic) bond motifs is 1. The summed E-state index contributed by atoms with van der Waals surface area (Å²) in [6.07, 6.45) is 3.83. The number of hydrogen-bond donors (Lipinski definition) is 0. The predicted molar refractivity (Wildman–Crippen MR) is 84.9 cm³/mol. The molecule has 1 aromatic carbocycles. The Morgan fingerprint density at radius 1 is 1.00 bits per heavy atom. The number of oxazole rings is 1. The van der Waals surface area contributed by atoms with Crippen LogP contribution in [0.15, 0.2) is 47.1 Å². The zero-order valence-corrected chi connectivity index (χ0v) is 12.4. The average molecular weight is 297 g/mol. The molecule has 1 saturated heterocycles. The first-order chi connectivity index (χ1) is 10.9. The topological polar surface area (TPSA) is 50.3 Å². The van der Waals surface area contributed by atoms with Crippen LogP contribution in [-0.2, 0) is 6.54 Å². The molecule has 0 radical (unpaired) electrons. The lowest BCUT2D eigenvalue weighted by Gasteiger charge is -2.33. The lowest BCUT2D eigenvalue weighted by Crippen LogP contribution is -2.47. The van der Waals surface area contributed by atoms with Gasteiger partial charge in [0.05, 0.1) is 6.54 Å². The number of aromatic nitrogens is 3. The van der Waals surface area contributed by atoms with Crippen LogP contribution in [0.5, 0.6) is 0 Å². The molecule has 3 heterocycles. The van der Waals surface area contributed by atoms with Crippen molar-refractivity contribution in [1.82, 2.24) is 19.7 Å². The van der Waals surface area contributed by atoms with Crippen molar-refractivity contribution in [1.29, 1.82) is 0 Å². The molecule has 0 atom stereocenters. The molecule has 1 fully saturated rings. The van der Waals surface area contributed by atoms with Gasteiger partial charge in [-0.1, -0.05) is 12.1 Å². The first-order valence-corrected chi connectivity index (χ1v) is 7.69. The monoisotopic (exact) mass is 297 g/mol. The number of anilines is 1. The number of hydrogen-bond acceptors (Lipinski definition) is 5. The van der Waals surface area contributed by atoms with Gasteiger partial charge < -0.3 is 9.32 Å². The second-order valence-electron chi connectivity index (χ2n) is 5.56. The summed E-state index contributed by atoms with van der Waals surface area (Å²) < 4.78 is 7.82. The highest BCUT2D eigenvalue weighted by molar-refractivity contribution is 5.74. The summed E-state index contributed by atoms with van der Waals surface area (Å²) in [6.45, 7) is 5.93. The molecule has 0 N–H and O–H groups in total. The summed E-state index contributed by atoms with van der Waals surface area (Å²) in [4.78, 5) is 9.26. The van der Waals surface area contributed by atoms with Gasteiger partial charge in [-0.3, -0.25) is 9.58 Å². The van der Waals surface area contributed by atoms with E-state index in [9.17, 15) is 0 Å². The Kier molecular flexibility index (Phi) is 3.52. The summed E-state index contributed by atoms with van der Waals surface area (Å²) in [5, 5.41) is 4.24. The van der Waals surface area contributed by atoms with Crippen LogP contribution in [0.4, 0.5) is 6.01 Å². The van der Waals surface area contributed by atoms with Gasteiger partial charge in [0.1, 0.15) is 5.52 Å². The summed E-state index contributed by atoms with van der Waals surface area (Å²) in [6, 6.07) is 10.6. The van der Waals surface area contributed by atoms with Crippen molar-refractivity contribution in [2.24, 2.45) is 0 Å². The van der Waals surface area contributed by atoms with E-state index in [1.54, 1.807) is 0 Å². The molecule has 0 aliphatic carbocycles. The van der Waals surface area contributed by atoms with Crippen molar-refractivity contribution in [3.05, 3.63) is 42.7 Å². The van der Waals surface area contributed by atoms with Gasteiger partial charge in [-0.15, -0.1) is 0 Å². The maximum atomic E-state index is 5.84. The van der Waals surface area contributed by atoms with Crippen molar-refractivity contribution in [2.45, 2.75) is 6.54 Å². The fourth-order valence-electron chi connectivity index (χ4n) is 2.83. The Labute approximate surface area is 128 Å². The van der Waals surface area contributed by atoms with Gasteiger partial charge in [0, 0.05) is 45.1 Å². The molecule has 22 heavy (non-hydrogen) atoms. The molecule has 6 heteroatoms. The third-order valence-corrected chi connectivity index (χ3v) is 4.13. The molecule has 0 bridgehead atoms. The molecule has 0 saturated carbocycles. The molecule has 0 spiro atoms. The van der Waals surface area contributed by atoms with E-state index in [4.69, 9.17) is 4.42 Å². The largest absolute Gasteiger partial charge is 0.423 e. The van der Waals surface area contributed by atoms with Gasteiger partial charge >= 0.3 is 0 Å². The quantitative estimate of drug-likeness (QED) is 0.735. The molecule has 0 unspecified atom stereocenters. The van der Waals surface area contributed by atoms with Crippen molar-refractivity contribution in [2.75, 3.05) is 37.6 Å². The normalized spacial score (nSPS) is 16.5. The summed E-state index contributed by atoms with van der Waals surface area (Å²) in [5.41, 5.74) is 1.79. The maximum absolute atomic E-state index is 5.84. The Morgan fingerprint density at radius 3 is 2.64 bits per heavy atom. The molecule has 4 rings (SSSR count). The van der Waals surface area contributed by atoms with E-state index in [-0.39, 0.29) is 0 Å². The SMILES string of the molecule is c1ccc2oc(N3CCN(CCn4cccn4)CC3)nc2c1. The van der Waals surface area contributed by atoms with Crippen LogP contribution < -0.4 is 4.90 Å². The summed E-state index contributed by atoms with van der Waals surface area (Å²) in [7, 11) is 0. The number of para-hydroxylation sites is 2. The Hall–Kier alpha value is -2.34. The Balaban J connectivity index is 1.35. The van der Waals surface area contributed by atoms with E-state index < -0.39 is 0 Å². The molecule has 1 aliphatic rings. The van der Waals surface area contributed by atoms with Crippen LogP contribution >= 0.6 is 0 Å². The zero-order valence-electron chi connectivity index (χ0n) is 12.4. The van der Waals surface area contributed by atoms with Gasteiger partial charge in [0.25, 0.3) is 6.01 Å². The van der Waals surface area contributed by atoms with E-state index >= 15 is 0 Å². The molecular formula is C16H19N5O. The summed E-state index contributed by atoms with van der Waals surface area (Å²) >= 11 is 0. The van der Waals surface area contributed by atoms with Crippen molar-refractivity contribution < 1.29 is 4.42 Å². The molecule has 1 aliphatic heterocycles.